The van der Waals surface area contributed by atoms with Crippen LogP contribution in [0.4, 0.5) is 5.69 Å². The Morgan fingerprint density at radius 2 is 1.81 bits per heavy atom. The molecule has 1 heterocycles. The van der Waals surface area contributed by atoms with Crippen molar-refractivity contribution in [3.8, 4) is 5.75 Å². The molecule has 0 saturated carbocycles. The summed E-state index contributed by atoms with van der Waals surface area (Å²) in [5, 5.41) is 2.75. The van der Waals surface area contributed by atoms with Gasteiger partial charge >= 0.3 is 11.9 Å². The van der Waals surface area contributed by atoms with Crippen molar-refractivity contribution in [2.24, 2.45) is 0 Å². The Labute approximate surface area is 156 Å². The van der Waals surface area contributed by atoms with E-state index >= 15 is 0 Å². The van der Waals surface area contributed by atoms with E-state index in [1.54, 1.807) is 18.2 Å². The zero-order valence-electron chi connectivity index (χ0n) is 14.8. The van der Waals surface area contributed by atoms with E-state index in [0.717, 1.165) is 6.42 Å². The number of hydrogen-bond donors (Lipinski definition) is 1. The average molecular weight is 369 g/mol. The van der Waals surface area contributed by atoms with Gasteiger partial charge in [-0.2, -0.15) is 0 Å². The van der Waals surface area contributed by atoms with Crippen LogP contribution in [0, 0.1) is 0 Å². The molecule has 27 heavy (non-hydrogen) atoms. The number of esters is 2. The van der Waals surface area contributed by atoms with Gasteiger partial charge < -0.3 is 19.5 Å². The van der Waals surface area contributed by atoms with Crippen molar-refractivity contribution in [1.29, 1.82) is 0 Å². The summed E-state index contributed by atoms with van der Waals surface area (Å²) >= 11 is 0. The van der Waals surface area contributed by atoms with Crippen molar-refractivity contribution in [2.75, 3.05) is 19.0 Å². The van der Waals surface area contributed by atoms with Crippen LogP contribution in [-0.4, -0.2) is 37.7 Å². The fourth-order valence-electron chi connectivity index (χ4n) is 2.67. The molecule has 2 aromatic rings. The number of nitrogens with one attached hydrogen (secondary N) is 1. The lowest BCUT2D eigenvalue weighted by Gasteiger charge is -2.11. The lowest BCUT2D eigenvalue weighted by Crippen LogP contribution is -2.26. The lowest BCUT2D eigenvalue weighted by atomic mass is 10.2. The predicted octanol–water partition coefficient (Wildman–Crippen LogP) is 2.81. The first-order valence-corrected chi connectivity index (χ1v) is 8.50. The molecule has 0 radical (unpaired) electrons. The molecule has 0 aromatic heterocycles. The molecular weight excluding hydrogens is 350 g/mol. The first-order valence-electron chi connectivity index (χ1n) is 8.50. The van der Waals surface area contributed by atoms with Crippen LogP contribution in [0.2, 0.25) is 0 Å². The first kappa shape index (κ1) is 18.6. The van der Waals surface area contributed by atoms with Gasteiger partial charge in [-0.1, -0.05) is 6.07 Å². The van der Waals surface area contributed by atoms with E-state index in [-0.39, 0.29) is 11.5 Å². The van der Waals surface area contributed by atoms with Crippen molar-refractivity contribution in [1.82, 2.24) is 0 Å². The molecule has 0 spiro atoms. The van der Waals surface area contributed by atoms with Gasteiger partial charge in [0.1, 0.15) is 11.9 Å². The SMILES string of the molecule is COC(=O)c1ccc(OC(=O)c2cccc(NC(=O)C3CCCO3)c2)cc1. The standard InChI is InChI=1S/C20H19NO6/c1-25-19(23)13-7-9-16(10-8-13)27-20(24)14-4-2-5-15(12-14)21-18(22)17-6-3-11-26-17/h2,4-5,7-10,12,17H,3,6,11H2,1H3,(H,21,22). The summed E-state index contributed by atoms with van der Waals surface area (Å²) in [6.45, 7) is 0.583. The molecule has 7 nitrogen and oxygen atoms in total. The van der Waals surface area contributed by atoms with E-state index < -0.39 is 18.0 Å². The molecule has 1 fully saturated rings. The average Bonchev–Trinajstić information content (AvgIpc) is 3.23. The number of rotatable bonds is 5. The monoisotopic (exact) mass is 369 g/mol. The molecular formula is C20H19NO6. The highest BCUT2D eigenvalue weighted by Crippen LogP contribution is 2.18. The molecule has 0 aliphatic carbocycles. The minimum Gasteiger partial charge on any atom is -0.465 e. The van der Waals surface area contributed by atoms with E-state index in [1.165, 1.54) is 37.4 Å². The summed E-state index contributed by atoms with van der Waals surface area (Å²) in [7, 11) is 1.29. The minimum absolute atomic E-state index is 0.226. The predicted molar refractivity (Wildman–Crippen MR) is 96.8 cm³/mol. The topological polar surface area (TPSA) is 90.9 Å². The van der Waals surface area contributed by atoms with Gasteiger partial charge in [0.25, 0.3) is 5.91 Å². The van der Waals surface area contributed by atoms with Crippen LogP contribution in [0.3, 0.4) is 0 Å². The van der Waals surface area contributed by atoms with Gasteiger partial charge in [-0.05, 0) is 55.3 Å². The smallest absolute Gasteiger partial charge is 0.343 e. The third-order valence-corrected chi connectivity index (χ3v) is 4.07. The largest absolute Gasteiger partial charge is 0.465 e. The Balaban J connectivity index is 1.64. The fourth-order valence-corrected chi connectivity index (χ4v) is 2.67. The van der Waals surface area contributed by atoms with Crippen molar-refractivity contribution in [3.05, 3.63) is 59.7 Å². The fraction of sp³-hybridized carbons (Fsp3) is 0.250. The number of amides is 1. The summed E-state index contributed by atoms with van der Waals surface area (Å²) in [5.74, 6) is -0.977. The highest BCUT2D eigenvalue weighted by atomic mass is 16.5. The highest BCUT2D eigenvalue weighted by molar-refractivity contribution is 5.97. The second-order valence-electron chi connectivity index (χ2n) is 5.98. The van der Waals surface area contributed by atoms with Gasteiger partial charge in [0.05, 0.1) is 18.2 Å². The maximum atomic E-state index is 12.3. The van der Waals surface area contributed by atoms with E-state index in [0.29, 0.717) is 30.0 Å². The van der Waals surface area contributed by atoms with Crippen molar-refractivity contribution in [2.45, 2.75) is 18.9 Å². The molecule has 1 saturated heterocycles. The third-order valence-electron chi connectivity index (χ3n) is 4.07. The first-order chi connectivity index (χ1) is 13.1. The van der Waals surface area contributed by atoms with Gasteiger partial charge in [0, 0.05) is 12.3 Å². The van der Waals surface area contributed by atoms with E-state index in [1.807, 2.05) is 0 Å². The number of benzene rings is 2. The van der Waals surface area contributed by atoms with Gasteiger partial charge in [-0.15, -0.1) is 0 Å². The highest BCUT2D eigenvalue weighted by Gasteiger charge is 2.23. The maximum absolute atomic E-state index is 12.3. The molecule has 0 bridgehead atoms. The Morgan fingerprint density at radius 1 is 1.04 bits per heavy atom. The number of carbonyl (C=O) groups excluding carboxylic acids is 3. The molecule has 1 aliphatic rings. The van der Waals surface area contributed by atoms with Crippen LogP contribution in [0.25, 0.3) is 0 Å². The van der Waals surface area contributed by atoms with Gasteiger partial charge in [-0.25, -0.2) is 9.59 Å². The molecule has 7 heteroatoms. The second kappa shape index (κ2) is 8.46. The molecule has 1 unspecified atom stereocenters. The number of methoxy groups -OCH3 is 1. The summed E-state index contributed by atoms with van der Waals surface area (Å²) in [4.78, 5) is 35.9. The third kappa shape index (κ3) is 4.71. The lowest BCUT2D eigenvalue weighted by molar-refractivity contribution is -0.124. The Kier molecular flexibility index (Phi) is 5.83. The Bertz CT molecular complexity index is 840. The van der Waals surface area contributed by atoms with Gasteiger partial charge in [0.15, 0.2) is 0 Å². The quantitative estimate of drug-likeness (QED) is 0.644. The van der Waals surface area contributed by atoms with Gasteiger partial charge in [0.2, 0.25) is 0 Å². The number of ether oxygens (including phenoxy) is 3. The van der Waals surface area contributed by atoms with Crippen LogP contribution in [0.1, 0.15) is 33.6 Å². The molecule has 140 valence electrons. The molecule has 1 amide bonds. The van der Waals surface area contributed by atoms with Crippen molar-refractivity contribution >= 4 is 23.5 Å². The van der Waals surface area contributed by atoms with Crippen molar-refractivity contribution < 1.29 is 28.6 Å². The van der Waals surface area contributed by atoms with Crippen LogP contribution in [0.15, 0.2) is 48.5 Å². The Hall–Kier alpha value is -3.19. The molecule has 1 atom stereocenters. The molecule has 1 N–H and O–H groups in total. The summed E-state index contributed by atoms with van der Waals surface area (Å²) in [5.41, 5.74) is 1.14. The van der Waals surface area contributed by atoms with E-state index in [9.17, 15) is 14.4 Å². The van der Waals surface area contributed by atoms with Crippen LogP contribution >= 0.6 is 0 Å². The maximum Gasteiger partial charge on any atom is 0.343 e. The zero-order valence-corrected chi connectivity index (χ0v) is 14.8. The van der Waals surface area contributed by atoms with Crippen LogP contribution in [-0.2, 0) is 14.3 Å². The van der Waals surface area contributed by atoms with E-state index in [2.05, 4.69) is 10.1 Å². The molecule has 2 aromatic carbocycles. The summed E-state index contributed by atoms with van der Waals surface area (Å²) in [6, 6.07) is 12.5. The van der Waals surface area contributed by atoms with Crippen molar-refractivity contribution in [3.63, 3.8) is 0 Å². The molecule has 3 rings (SSSR count). The summed E-state index contributed by atoms with van der Waals surface area (Å²) in [6.07, 6.45) is 1.10. The van der Waals surface area contributed by atoms with Crippen LogP contribution in [0.5, 0.6) is 5.75 Å². The van der Waals surface area contributed by atoms with Gasteiger partial charge in [-0.3, -0.25) is 4.79 Å². The number of hydrogen-bond acceptors (Lipinski definition) is 6. The minimum atomic E-state index is -0.575. The Morgan fingerprint density at radius 3 is 2.48 bits per heavy atom. The summed E-state index contributed by atoms with van der Waals surface area (Å²) < 4.78 is 15.3. The second-order valence-corrected chi connectivity index (χ2v) is 5.98. The number of carbonyl (C=O) groups is 3. The number of anilines is 1. The van der Waals surface area contributed by atoms with E-state index in [4.69, 9.17) is 9.47 Å². The zero-order chi connectivity index (χ0) is 19.2. The normalized spacial score (nSPS) is 15.8. The molecule has 1 aliphatic heterocycles. The van der Waals surface area contributed by atoms with Crippen LogP contribution < -0.4 is 10.1 Å².